The molecule has 1 aliphatic carbocycles. The number of hydrogen-bond acceptors (Lipinski definition) is 3. The van der Waals surface area contributed by atoms with Crippen LogP contribution in [0.2, 0.25) is 0 Å². The molecule has 1 aromatic carbocycles. The highest BCUT2D eigenvalue weighted by Gasteiger charge is 2.32. The Labute approximate surface area is 143 Å². The second kappa shape index (κ2) is 8.89. The number of hydrogen-bond donors (Lipinski definition) is 3. The molecule has 5 nitrogen and oxygen atoms in total. The van der Waals surface area contributed by atoms with Crippen LogP contribution in [0.15, 0.2) is 24.3 Å². The van der Waals surface area contributed by atoms with Crippen LogP contribution in [0.3, 0.4) is 0 Å². The van der Waals surface area contributed by atoms with Crippen molar-refractivity contribution in [3.63, 3.8) is 0 Å². The number of halogens is 1. The molecule has 0 heterocycles. The van der Waals surface area contributed by atoms with Crippen molar-refractivity contribution < 1.29 is 9.59 Å². The summed E-state index contributed by atoms with van der Waals surface area (Å²) in [6.45, 7) is 2.04. The smallest absolute Gasteiger partial charge is 0.224 e. The van der Waals surface area contributed by atoms with E-state index >= 15 is 0 Å². The highest BCUT2D eigenvalue weighted by molar-refractivity contribution is 5.92. The molecule has 0 bridgehead atoms. The lowest BCUT2D eigenvalue weighted by atomic mass is 9.71. The summed E-state index contributed by atoms with van der Waals surface area (Å²) in [5.41, 5.74) is 7.35. The summed E-state index contributed by atoms with van der Waals surface area (Å²) in [6, 6.07) is 7.13. The van der Waals surface area contributed by atoms with Crippen LogP contribution >= 0.6 is 12.4 Å². The number of nitrogens with one attached hydrogen (secondary N) is 2. The fourth-order valence-corrected chi connectivity index (χ4v) is 3.14. The van der Waals surface area contributed by atoms with Gasteiger partial charge < -0.3 is 16.4 Å². The first-order valence-electron chi connectivity index (χ1n) is 7.91. The monoisotopic (exact) mass is 339 g/mol. The molecule has 1 aliphatic rings. The third-order valence-electron chi connectivity index (χ3n) is 4.37. The largest absolute Gasteiger partial charge is 0.330 e. The van der Waals surface area contributed by atoms with E-state index < -0.39 is 0 Å². The molecule has 0 aliphatic heterocycles. The van der Waals surface area contributed by atoms with Crippen molar-refractivity contribution in [3.05, 3.63) is 24.3 Å². The summed E-state index contributed by atoms with van der Waals surface area (Å²) in [5.74, 6) is -0.0985. The predicted octanol–water partition coefficient (Wildman–Crippen LogP) is 3.30. The Kier molecular flexibility index (Phi) is 7.52. The zero-order valence-corrected chi connectivity index (χ0v) is 14.4. The molecule has 0 aromatic heterocycles. The zero-order chi connectivity index (χ0) is 16.0. The van der Waals surface area contributed by atoms with E-state index in [2.05, 4.69) is 10.6 Å². The number of carbonyl (C=O) groups excluding carboxylic acids is 2. The van der Waals surface area contributed by atoms with Gasteiger partial charge in [0.05, 0.1) is 0 Å². The first-order chi connectivity index (χ1) is 10.5. The first kappa shape index (κ1) is 19.5. The van der Waals surface area contributed by atoms with Gasteiger partial charge in [-0.15, -0.1) is 12.4 Å². The van der Waals surface area contributed by atoms with E-state index in [9.17, 15) is 9.59 Å². The Morgan fingerprint density at radius 2 is 1.57 bits per heavy atom. The lowest BCUT2D eigenvalue weighted by Gasteiger charge is -2.35. The van der Waals surface area contributed by atoms with E-state index in [1.165, 1.54) is 13.3 Å². The van der Waals surface area contributed by atoms with Crippen molar-refractivity contribution in [3.8, 4) is 0 Å². The Balaban J connectivity index is 0.00000264. The van der Waals surface area contributed by atoms with E-state index in [1.54, 1.807) is 24.3 Å². The van der Waals surface area contributed by atoms with Crippen LogP contribution in [0.1, 0.15) is 45.4 Å². The van der Waals surface area contributed by atoms with Crippen LogP contribution in [0.4, 0.5) is 11.4 Å². The summed E-state index contributed by atoms with van der Waals surface area (Å²) in [5, 5.41) is 5.62. The summed E-state index contributed by atoms with van der Waals surface area (Å²) in [7, 11) is 0. The quantitative estimate of drug-likeness (QED) is 0.769. The third kappa shape index (κ3) is 5.84. The van der Waals surface area contributed by atoms with E-state index in [4.69, 9.17) is 5.73 Å². The minimum atomic E-state index is -0.112. The molecular formula is C17H26ClN3O2. The number of anilines is 2. The molecule has 1 fully saturated rings. The standard InChI is InChI=1S/C17H25N3O2.ClH/c1-13(21)19-14-5-7-15(8-6-14)20-16(22)11-17(12-18)9-3-2-4-10-17;/h5-8H,2-4,9-12,18H2,1H3,(H,19,21)(H,20,22);1H. The van der Waals surface area contributed by atoms with Gasteiger partial charge in [0.2, 0.25) is 11.8 Å². The Bertz CT molecular complexity index is 525. The van der Waals surface area contributed by atoms with E-state index in [1.807, 2.05) is 0 Å². The van der Waals surface area contributed by atoms with E-state index in [0.29, 0.717) is 13.0 Å². The van der Waals surface area contributed by atoms with Gasteiger partial charge in [-0.2, -0.15) is 0 Å². The van der Waals surface area contributed by atoms with Crippen LogP contribution in [-0.2, 0) is 9.59 Å². The maximum atomic E-state index is 12.3. The van der Waals surface area contributed by atoms with E-state index in [-0.39, 0.29) is 29.6 Å². The summed E-state index contributed by atoms with van der Waals surface area (Å²) in [6.07, 6.45) is 6.13. The topological polar surface area (TPSA) is 84.2 Å². The normalized spacial score (nSPS) is 16.1. The van der Waals surface area contributed by atoms with Gasteiger partial charge in [-0.3, -0.25) is 9.59 Å². The van der Waals surface area contributed by atoms with Gasteiger partial charge in [0, 0.05) is 24.7 Å². The van der Waals surface area contributed by atoms with Crippen LogP contribution in [0.5, 0.6) is 0 Å². The lowest BCUT2D eigenvalue weighted by Crippen LogP contribution is -2.36. The number of benzene rings is 1. The second-order valence-corrected chi connectivity index (χ2v) is 6.25. The van der Waals surface area contributed by atoms with Gasteiger partial charge in [-0.05, 0) is 49.1 Å². The molecular weight excluding hydrogens is 314 g/mol. The zero-order valence-electron chi connectivity index (χ0n) is 13.6. The van der Waals surface area contributed by atoms with Crippen molar-refractivity contribution in [1.82, 2.24) is 0 Å². The molecule has 1 aromatic rings. The van der Waals surface area contributed by atoms with Crippen LogP contribution in [0.25, 0.3) is 0 Å². The van der Waals surface area contributed by atoms with Gasteiger partial charge in [-0.1, -0.05) is 19.3 Å². The Hall–Kier alpha value is -1.59. The third-order valence-corrected chi connectivity index (χ3v) is 4.37. The maximum Gasteiger partial charge on any atom is 0.224 e. The summed E-state index contributed by atoms with van der Waals surface area (Å²) >= 11 is 0. The van der Waals surface area contributed by atoms with Crippen molar-refractivity contribution in [1.29, 1.82) is 0 Å². The average Bonchev–Trinajstić information content (AvgIpc) is 2.49. The maximum absolute atomic E-state index is 12.3. The fourth-order valence-electron chi connectivity index (χ4n) is 3.14. The molecule has 2 rings (SSSR count). The lowest BCUT2D eigenvalue weighted by molar-refractivity contribution is -0.119. The van der Waals surface area contributed by atoms with Crippen LogP contribution in [0, 0.1) is 5.41 Å². The molecule has 23 heavy (non-hydrogen) atoms. The van der Waals surface area contributed by atoms with Crippen molar-refractivity contribution in [2.24, 2.45) is 11.1 Å². The molecule has 0 spiro atoms. The van der Waals surface area contributed by atoms with Gasteiger partial charge >= 0.3 is 0 Å². The fraction of sp³-hybridized carbons (Fsp3) is 0.529. The number of carbonyl (C=O) groups is 2. The number of nitrogens with two attached hydrogens (primary N) is 1. The minimum Gasteiger partial charge on any atom is -0.330 e. The SMILES string of the molecule is CC(=O)Nc1ccc(NC(=O)CC2(CN)CCCCC2)cc1.Cl. The molecule has 0 radical (unpaired) electrons. The number of amides is 2. The predicted molar refractivity (Wildman–Crippen MR) is 95.8 cm³/mol. The Morgan fingerprint density at radius 1 is 1.04 bits per heavy atom. The second-order valence-electron chi connectivity index (χ2n) is 6.25. The van der Waals surface area contributed by atoms with Crippen LogP contribution < -0.4 is 16.4 Å². The van der Waals surface area contributed by atoms with E-state index in [0.717, 1.165) is 37.1 Å². The van der Waals surface area contributed by atoms with Crippen molar-refractivity contribution in [2.75, 3.05) is 17.2 Å². The van der Waals surface area contributed by atoms with Gasteiger partial charge in [0.1, 0.15) is 0 Å². The molecule has 0 atom stereocenters. The Morgan fingerprint density at radius 3 is 2.04 bits per heavy atom. The summed E-state index contributed by atoms with van der Waals surface area (Å²) < 4.78 is 0. The highest BCUT2D eigenvalue weighted by atomic mass is 35.5. The molecule has 128 valence electrons. The molecule has 2 amide bonds. The number of rotatable bonds is 5. The molecule has 1 saturated carbocycles. The first-order valence-corrected chi connectivity index (χ1v) is 7.91. The molecule has 4 N–H and O–H groups in total. The minimum absolute atomic E-state index is 0. The molecule has 0 saturated heterocycles. The molecule has 0 unspecified atom stereocenters. The summed E-state index contributed by atoms with van der Waals surface area (Å²) in [4.78, 5) is 23.2. The van der Waals surface area contributed by atoms with Gasteiger partial charge in [0.25, 0.3) is 0 Å². The average molecular weight is 340 g/mol. The molecule has 6 heteroatoms. The van der Waals surface area contributed by atoms with Crippen LogP contribution in [-0.4, -0.2) is 18.4 Å². The van der Waals surface area contributed by atoms with Gasteiger partial charge in [-0.25, -0.2) is 0 Å². The van der Waals surface area contributed by atoms with Crippen molar-refractivity contribution >= 4 is 35.6 Å². The highest BCUT2D eigenvalue weighted by Crippen LogP contribution is 2.38. The van der Waals surface area contributed by atoms with Gasteiger partial charge in [0.15, 0.2) is 0 Å². The van der Waals surface area contributed by atoms with Crippen molar-refractivity contribution in [2.45, 2.75) is 45.4 Å².